The lowest BCUT2D eigenvalue weighted by molar-refractivity contribution is -0.111. The Bertz CT molecular complexity index is 518. The monoisotopic (exact) mass is 286 g/mol. The second-order valence-electron chi connectivity index (χ2n) is 5.36. The molecule has 0 aliphatic heterocycles. The van der Waals surface area contributed by atoms with Crippen LogP contribution in [0.3, 0.4) is 0 Å². The van der Waals surface area contributed by atoms with E-state index < -0.39 is 5.24 Å². The molecule has 0 aliphatic rings. The molecule has 0 fully saturated rings. The molecular weight excluding hydrogens is 268 g/mol. The van der Waals surface area contributed by atoms with E-state index in [0.717, 1.165) is 5.69 Å². The van der Waals surface area contributed by atoms with Gasteiger partial charge in [0.2, 0.25) is 5.24 Å². The number of aromatic nitrogens is 2. The van der Waals surface area contributed by atoms with Crippen LogP contribution in [0, 0.1) is 0 Å². The highest BCUT2D eigenvalue weighted by Gasteiger charge is 2.20. The average Bonchev–Trinajstić information content (AvgIpc) is 2.28. The van der Waals surface area contributed by atoms with Gasteiger partial charge in [-0.15, -0.1) is 0 Å². The predicted molar refractivity (Wildman–Crippen MR) is 73.6 cm³/mol. The molecule has 0 N–H and O–H groups in total. The third-order valence-electron chi connectivity index (χ3n) is 2.65. The number of methoxy groups -OCH3 is 1. The number of rotatable bonds is 5. The van der Waals surface area contributed by atoms with Crippen molar-refractivity contribution in [1.82, 2.24) is 9.78 Å². The van der Waals surface area contributed by atoms with Crippen molar-refractivity contribution in [2.45, 2.75) is 39.2 Å². The van der Waals surface area contributed by atoms with Crippen molar-refractivity contribution in [3.63, 3.8) is 0 Å². The van der Waals surface area contributed by atoms with Crippen LogP contribution in [0.4, 0.5) is 0 Å². The average molecular weight is 287 g/mol. The van der Waals surface area contributed by atoms with Gasteiger partial charge in [-0.1, -0.05) is 20.8 Å². The fourth-order valence-corrected chi connectivity index (χ4v) is 1.71. The van der Waals surface area contributed by atoms with E-state index in [0.29, 0.717) is 18.7 Å². The lowest BCUT2D eigenvalue weighted by Crippen LogP contribution is -2.32. The van der Waals surface area contributed by atoms with Gasteiger partial charge in [-0.2, -0.15) is 5.10 Å². The molecule has 0 saturated carbocycles. The summed E-state index contributed by atoms with van der Waals surface area (Å²) < 4.78 is 6.29. The van der Waals surface area contributed by atoms with E-state index in [2.05, 4.69) is 5.10 Å². The first-order chi connectivity index (χ1) is 8.75. The number of hydrogen-bond donors (Lipinski definition) is 0. The second-order valence-corrected chi connectivity index (χ2v) is 5.78. The Balaban J connectivity index is 3.30. The molecule has 0 radical (unpaired) electrons. The first-order valence-electron chi connectivity index (χ1n) is 6.04. The van der Waals surface area contributed by atoms with Crippen molar-refractivity contribution < 1.29 is 9.53 Å². The Morgan fingerprint density at radius 3 is 2.58 bits per heavy atom. The number of hydrogen-bond acceptors (Lipinski definition) is 4. The molecule has 1 aromatic rings. The SMILES string of the molecule is COCCn1nc(C(C)(C)C)cc(CC(=O)Cl)c1=O. The predicted octanol–water partition coefficient (Wildman–Crippen LogP) is 1.50. The Morgan fingerprint density at radius 2 is 2.11 bits per heavy atom. The van der Waals surface area contributed by atoms with Gasteiger partial charge in [0.05, 0.1) is 25.3 Å². The zero-order valence-electron chi connectivity index (χ0n) is 11.7. The van der Waals surface area contributed by atoms with Crippen LogP contribution in [0.2, 0.25) is 0 Å². The van der Waals surface area contributed by atoms with Gasteiger partial charge in [0.1, 0.15) is 0 Å². The number of nitrogens with zero attached hydrogens (tertiary/aromatic N) is 2. The van der Waals surface area contributed by atoms with Crippen molar-refractivity contribution in [1.29, 1.82) is 0 Å². The second kappa shape index (κ2) is 6.30. The van der Waals surface area contributed by atoms with Crippen LogP contribution in [0.1, 0.15) is 32.0 Å². The topological polar surface area (TPSA) is 61.2 Å². The van der Waals surface area contributed by atoms with Crippen LogP contribution in [0.15, 0.2) is 10.9 Å². The molecule has 0 saturated heterocycles. The highest BCUT2D eigenvalue weighted by Crippen LogP contribution is 2.19. The molecule has 5 nitrogen and oxygen atoms in total. The van der Waals surface area contributed by atoms with E-state index in [1.54, 1.807) is 13.2 Å². The summed E-state index contributed by atoms with van der Waals surface area (Å²) >= 11 is 5.38. The largest absolute Gasteiger partial charge is 0.383 e. The van der Waals surface area contributed by atoms with Gasteiger partial charge < -0.3 is 4.74 Å². The van der Waals surface area contributed by atoms with Crippen molar-refractivity contribution in [2.24, 2.45) is 0 Å². The molecule has 1 aromatic heterocycles. The van der Waals surface area contributed by atoms with Crippen molar-refractivity contribution >= 4 is 16.8 Å². The maximum absolute atomic E-state index is 12.1. The van der Waals surface area contributed by atoms with Crippen LogP contribution in [0.25, 0.3) is 0 Å². The molecule has 0 spiro atoms. The van der Waals surface area contributed by atoms with E-state index in [-0.39, 0.29) is 17.4 Å². The summed E-state index contributed by atoms with van der Waals surface area (Å²) in [5.41, 5.74) is 0.610. The lowest BCUT2D eigenvalue weighted by atomic mass is 9.91. The maximum atomic E-state index is 12.1. The van der Waals surface area contributed by atoms with Gasteiger partial charge in [0, 0.05) is 18.1 Å². The van der Waals surface area contributed by atoms with Crippen molar-refractivity contribution in [3.05, 3.63) is 27.7 Å². The minimum Gasteiger partial charge on any atom is -0.383 e. The summed E-state index contributed by atoms with van der Waals surface area (Å²) in [6, 6.07) is 1.66. The van der Waals surface area contributed by atoms with Crippen LogP contribution in [0.5, 0.6) is 0 Å². The van der Waals surface area contributed by atoms with E-state index >= 15 is 0 Å². The molecule has 6 heteroatoms. The molecular formula is C13H19ClN2O3. The first-order valence-corrected chi connectivity index (χ1v) is 6.42. The van der Waals surface area contributed by atoms with E-state index in [1.165, 1.54) is 4.68 Å². The zero-order chi connectivity index (χ0) is 14.6. The molecule has 1 rings (SSSR count). The number of carbonyl (C=O) groups is 1. The molecule has 0 atom stereocenters. The molecule has 19 heavy (non-hydrogen) atoms. The maximum Gasteiger partial charge on any atom is 0.270 e. The number of ether oxygens (including phenoxy) is 1. The molecule has 0 aliphatic carbocycles. The zero-order valence-corrected chi connectivity index (χ0v) is 12.5. The molecule has 0 bridgehead atoms. The van der Waals surface area contributed by atoms with Gasteiger partial charge >= 0.3 is 0 Å². The number of carbonyl (C=O) groups excluding carboxylic acids is 1. The summed E-state index contributed by atoms with van der Waals surface area (Å²) in [5.74, 6) is 0. The molecule has 1 heterocycles. The molecule has 0 unspecified atom stereocenters. The summed E-state index contributed by atoms with van der Waals surface area (Å²) in [7, 11) is 1.56. The fourth-order valence-electron chi connectivity index (χ4n) is 1.57. The van der Waals surface area contributed by atoms with Gasteiger partial charge in [-0.05, 0) is 17.7 Å². The summed E-state index contributed by atoms with van der Waals surface area (Å²) in [4.78, 5) is 23.1. The third-order valence-corrected chi connectivity index (χ3v) is 2.79. The van der Waals surface area contributed by atoms with E-state index in [9.17, 15) is 9.59 Å². The molecule has 0 amide bonds. The summed E-state index contributed by atoms with van der Waals surface area (Å²) in [5, 5.41) is 3.76. The summed E-state index contributed by atoms with van der Waals surface area (Å²) in [6.07, 6.45) is -0.0844. The quantitative estimate of drug-likeness (QED) is 0.770. The highest BCUT2D eigenvalue weighted by molar-refractivity contribution is 6.63. The van der Waals surface area contributed by atoms with Gasteiger partial charge in [-0.3, -0.25) is 9.59 Å². The van der Waals surface area contributed by atoms with Crippen LogP contribution < -0.4 is 5.56 Å². The minimum absolute atomic E-state index is 0.0844. The van der Waals surface area contributed by atoms with Crippen LogP contribution in [-0.2, 0) is 27.9 Å². The van der Waals surface area contributed by atoms with E-state index in [1.807, 2.05) is 20.8 Å². The number of halogens is 1. The highest BCUT2D eigenvalue weighted by atomic mass is 35.5. The Kier molecular flexibility index (Phi) is 5.26. The third kappa shape index (κ3) is 4.44. The lowest BCUT2D eigenvalue weighted by Gasteiger charge is -2.19. The van der Waals surface area contributed by atoms with Gasteiger partial charge in [0.15, 0.2) is 0 Å². The van der Waals surface area contributed by atoms with E-state index in [4.69, 9.17) is 16.3 Å². The Morgan fingerprint density at radius 1 is 1.47 bits per heavy atom. The van der Waals surface area contributed by atoms with Gasteiger partial charge in [0.25, 0.3) is 5.56 Å². The van der Waals surface area contributed by atoms with Crippen molar-refractivity contribution in [2.75, 3.05) is 13.7 Å². The summed E-state index contributed by atoms with van der Waals surface area (Å²) in [6.45, 7) is 6.71. The normalized spacial score (nSPS) is 11.6. The van der Waals surface area contributed by atoms with Crippen LogP contribution >= 0.6 is 11.6 Å². The standard InChI is InChI=1S/C13H19ClN2O3/c1-13(2,3)10-7-9(8-11(14)17)12(18)16(15-10)5-6-19-4/h7H,5-6,8H2,1-4H3. The van der Waals surface area contributed by atoms with Crippen molar-refractivity contribution in [3.8, 4) is 0 Å². The fraction of sp³-hybridized carbons (Fsp3) is 0.615. The Labute approximate surface area is 117 Å². The minimum atomic E-state index is -0.554. The first kappa shape index (κ1) is 15.9. The molecule has 0 aromatic carbocycles. The van der Waals surface area contributed by atoms with Crippen LogP contribution in [-0.4, -0.2) is 28.7 Å². The van der Waals surface area contributed by atoms with Gasteiger partial charge in [-0.25, -0.2) is 4.68 Å². The smallest absolute Gasteiger partial charge is 0.270 e. The molecule has 106 valence electrons. The Hall–Kier alpha value is -1.20.